The SMILES string of the molecule is O=C(CN1CCCC(c2nc(-c3cccc(F)c3)no2)C1)Nc1cccc(CN2CCSCC2)c1. The van der Waals surface area contributed by atoms with E-state index in [4.69, 9.17) is 4.52 Å². The predicted octanol–water partition coefficient (Wildman–Crippen LogP) is 4.24. The molecule has 9 heteroatoms. The molecule has 35 heavy (non-hydrogen) atoms. The summed E-state index contributed by atoms with van der Waals surface area (Å²) < 4.78 is 19.0. The van der Waals surface area contributed by atoms with E-state index in [0.717, 1.165) is 44.7 Å². The van der Waals surface area contributed by atoms with Crippen LogP contribution in [-0.2, 0) is 11.3 Å². The van der Waals surface area contributed by atoms with E-state index in [9.17, 15) is 9.18 Å². The van der Waals surface area contributed by atoms with Gasteiger partial charge in [-0.3, -0.25) is 14.6 Å². The molecule has 2 aliphatic rings. The molecule has 2 saturated heterocycles. The summed E-state index contributed by atoms with van der Waals surface area (Å²) in [4.78, 5) is 21.9. The average Bonchev–Trinajstić information content (AvgIpc) is 3.36. The first-order valence-electron chi connectivity index (χ1n) is 12.1. The van der Waals surface area contributed by atoms with Crippen LogP contribution in [0.2, 0.25) is 0 Å². The molecule has 5 rings (SSSR count). The predicted molar refractivity (Wildman–Crippen MR) is 136 cm³/mol. The molecule has 0 saturated carbocycles. The molecule has 2 fully saturated rings. The molecule has 1 amide bonds. The van der Waals surface area contributed by atoms with Crippen LogP contribution >= 0.6 is 11.8 Å². The fourth-order valence-electron chi connectivity index (χ4n) is 4.72. The molecule has 0 radical (unpaired) electrons. The number of rotatable bonds is 7. The zero-order chi connectivity index (χ0) is 24.0. The van der Waals surface area contributed by atoms with Crippen molar-refractivity contribution >= 4 is 23.4 Å². The van der Waals surface area contributed by atoms with Crippen LogP contribution in [0.4, 0.5) is 10.1 Å². The number of amides is 1. The minimum Gasteiger partial charge on any atom is -0.339 e. The lowest BCUT2D eigenvalue weighted by Crippen LogP contribution is -2.39. The second-order valence-corrected chi connectivity index (χ2v) is 10.4. The maximum Gasteiger partial charge on any atom is 0.238 e. The molecule has 1 N–H and O–H groups in total. The van der Waals surface area contributed by atoms with Crippen molar-refractivity contribution < 1.29 is 13.7 Å². The zero-order valence-corrected chi connectivity index (χ0v) is 20.5. The first kappa shape index (κ1) is 24.0. The Bertz CT molecular complexity index is 1150. The smallest absolute Gasteiger partial charge is 0.238 e. The lowest BCUT2D eigenvalue weighted by atomic mass is 9.98. The molecule has 2 aliphatic heterocycles. The van der Waals surface area contributed by atoms with Gasteiger partial charge in [0.05, 0.1) is 12.5 Å². The number of hydrogen-bond acceptors (Lipinski definition) is 7. The first-order valence-corrected chi connectivity index (χ1v) is 13.3. The summed E-state index contributed by atoms with van der Waals surface area (Å²) in [7, 11) is 0. The Morgan fingerprint density at radius 3 is 2.83 bits per heavy atom. The third-order valence-electron chi connectivity index (χ3n) is 6.47. The Hall–Kier alpha value is -2.75. The Morgan fingerprint density at radius 2 is 1.97 bits per heavy atom. The molecule has 3 aromatic rings. The van der Waals surface area contributed by atoms with Crippen LogP contribution in [0.15, 0.2) is 53.1 Å². The van der Waals surface area contributed by atoms with Crippen LogP contribution in [0, 0.1) is 5.82 Å². The Labute approximate surface area is 209 Å². The maximum absolute atomic E-state index is 13.5. The maximum atomic E-state index is 13.5. The number of carbonyl (C=O) groups excluding carboxylic acids is 1. The van der Waals surface area contributed by atoms with Gasteiger partial charge in [0.15, 0.2) is 0 Å². The van der Waals surface area contributed by atoms with Crippen LogP contribution < -0.4 is 5.32 Å². The second-order valence-electron chi connectivity index (χ2n) is 9.18. The summed E-state index contributed by atoms with van der Waals surface area (Å²) >= 11 is 2.01. The highest BCUT2D eigenvalue weighted by Crippen LogP contribution is 2.28. The standard InChI is InChI=1S/C26H30FN5O2S/c27-22-7-2-5-20(15-22)25-29-26(34-30-25)21-6-3-9-32(17-21)18-24(33)28-23-8-1-4-19(14-23)16-31-10-12-35-13-11-31/h1-2,4-5,7-8,14-15,21H,3,6,9-13,16-18H2,(H,28,33). The van der Waals surface area contributed by atoms with Crippen molar-refractivity contribution in [3.63, 3.8) is 0 Å². The van der Waals surface area contributed by atoms with Crippen LogP contribution in [-0.4, -0.2) is 70.1 Å². The van der Waals surface area contributed by atoms with Crippen molar-refractivity contribution in [2.75, 3.05) is 49.5 Å². The van der Waals surface area contributed by atoms with Crippen LogP contribution in [0.5, 0.6) is 0 Å². The number of halogens is 1. The van der Waals surface area contributed by atoms with Gasteiger partial charge in [0.25, 0.3) is 0 Å². The molecular formula is C26H30FN5O2S. The highest BCUT2D eigenvalue weighted by molar-refractivity contribution is 7.99. The second kappa shape index (κ2) is 11.3. The monoisotopic (exact) mass is 495 g/mol. The molecular weight excluding hydrogens is 465 g/mol. The third kappa shape index (κ3) is 6.48. The van der Waals surface area contributed by atoms with Gasteiger partial charge in [-0.15, -0.1) is 0 Å². The molecule has 0 bridgehead atoms. The Kier molecular flexibility index (Phi) is 7.75. The van der Waals surface area contributed by atoms with Crippen molar-refractivity contribution in [3.05, 3.63) is 65.8 Å². The molecule has 2 aromatic carbocycles. The summed E-state index contributed by atoms with van der Waals surface area (Å²) in [6, 6.07) is 14.3. The van der Waals surface area contributed by atoms with Crippen molar-refractivity contribution in [2.45, 2.75) is 25.3 Å². The molecule has 1 atom stereocenters. The third-order valence-corrected chi connectivity index (χ3v) is 7.41. The van der Waals surface area contributed by atoms with E-state index >= 15 is 0 Å². The van der Waals surface area contributed by atoms with E-state index in [0.29, 0.717) is 30.4 Å². The Balaban J connectivity index is 1.15. The molecule has 0 aliphatic carbocycles. The van der Waals surface area contributed by atoms with Gasteiger partial charge in [0, 0.05) is 48.9 Å². The van der Waals surface area contributed by atoms with Crippen LogP contribution in [0.1, 0.15) is 30.2 Å². The minimum atomic E-state index is -0.333. The summed E-state index contributed by atoms with van der Waals surface area (Å²) in [6.45, 7) is 4.98. The number of piperidine rings is 1. The lowest BCUT2D eigenvalue weighted by molar-refractivity contribution is -0.117. The van der Waals surface area contributed by atoms with E-state index in [2.05, 4.69) is 37.4 Å². The van der Waals surface area contributed by atoms with E-state index < -0.39 is 0 Å². The van der Waals surface area contributed by atoms with Gasteiger partial charge in [-0.2, -0.15) is 16.7 Å². The van der Waals surface area contributed by atoms with Crippen LogP contribution in [0.3, 0.4) is 0 Å². The van der Waals surface area contributed by atoms with Gasteiger partial charge in [-0.05, 0) is 49.2 Å². The molecule has 184 valence electrons. The van der Waals surface area contributed by atoms with E-state index in [1.165, 1.54) is 29.2 Å². The number of anilines is 1. The summed E-state index contributed by atoms with van der Waals surface area (Å²) in [5.74, 6) is 2.99. The molecule has 1 unspecified atom stereocenters. The normalized spacial score (nSPS) is 19.5. The zero-order valence-electron chi connectivity index (χ0n) is 19.7. The largest absolute Gasteiger partial charge is 0.339 e. The summed E-state index contributed by atoms with van der Waals surface area (Å²) in [5.41, 5.74) is 2.65. The highest BCUT2D eigenvalue weighted by atomic mass is 32.2. The van der Waals surface area contributed by atoms with Gasteiger partial charge in [-0.25, -0.2) is 4.39 Å². The quantitative estimate of drug-likeness (QED) is 0.525. The van der Waals surface area contributed by atoms with Gasteiger partial charge in [0.1, 0.15) is 5.82 Å². The highest BCUT2D eigenvalue weighted by Gasteiger charge is 2.27. The molecule has 1 aromatic heterocycles. The van der Waals surface area contributed by atoms with Crippen LogP contribution in [0.25, 0.3) is 11.4 Å². The fourth-order valence-corrected chi connectivity index (χ4v) is 5.69. The number of aromatic nitrogens is 2. The number of benzene rings is 2. The number of likely N-dealkylation sites (tertiary alicyclic amines) is 1. The van der Waals surface area contributed by atoms with Gasteiger partial charge in [0.2, 0.25) is 17.6 Å². The summed E-state index contributed by atoms with van der Waals surface area (Å²) in [6.07, 6.45) is 1.86. The number of thioether (sulfide) groups is 1. The van der Waals surface area contributed by atoms with Crippen molar-refractivity contribution in [3.8, 4) is 11.4 Å². The number of hydrogen-bond donors (Lipinski definition) is 1. The fraction of sp³-hybridized carbons (Fsp3) is 0.423. The number of nitrogens with one attached hydrogen (secondary N) is 1. The Morgan fingerprint density at radius 1 is 1.11 bits per heavy atom. The average molecular weight is 496 g/mol. The van der Waals surface area contributed by atoms with Gasteiger partial charge >= 0.3 is 0 Å². The van der Waals surface area contributed by atoms with Gasteiger partial charge in [-0.1, -0.05) is 29.4 Å². The minimum absolute atomic E-state index is 0.0249. The molecule has 3 heterocycles. The van der Waals surface area contributed by atoms with E-state index in [-0.39, 0.29) is 17.6 Å². The number of nitrogens with zero attached hydrogens (tertiary/aromatic N) is 4. The lowest BCUT2D eigenvalue weighted by Gasteiger charge is -2.30. The first-order chi connectivity index (χ1) is 17.1. The van der Waals surface area contributed by atoms with Crippen molar-refractivity contribution in [1.82, 2.24) is 19.9 Å². The summed E-state index contributed by atoms with van der Waals surface area (Å²) in [5, 5.41) is 7.10. The molecule has 0 spiro atoms. The topological polar surface area (TPSA) is 74.5 Å². The van der Waals surface area contributed by atoms with Gasteiger partial charge < -0.3 is 9.84 Å². The van der Waals surface area contributed by atoms with E-state index in [1.54, 1.807) is 12.1 Å². The van der Waals surface area contributed by atoms with Crippen molar-refractivity contribution in [2.24, 2.45) is 0 Å². The number of carbonyl (C=O) groups is 1. The van der Waals surface area contributed by atoms with Crippen molar-refractivity contribution in [1.29, 1.82) is 0 Å². The molecule has 7 nitrogen and oxygen atoms in total. The van der Waals surface area contributed by atoms with E-state index in [1.807, 2.05) is 23.9 Å².